The number of carboxylic acid groups (broad SMARTS) is 1. The molecule has 18 heavy (non-hydrogen) atoms. The Morgan fingerprint density at radius 3 is 2.67 bits per heavy atom. The maximum absolute atomic E-state index is 12.5. The standard InChI is InChI=1S/C10H8F3N3O2/c11-10(12,13)6-1-2-7-14-15-8(16(7)5-6)3-4-9(17)18/h1-2,5H,3-4H2,(H,17,18). The summed E-state index contributed by atoms with van der Waals surface area (Å²) in [7, 11) is 0. The summed E-state index contributed by atoms with van der Waals surface area (Å²) in [5.41, 5.74) is -0.574. The van der Waals surface area contributed by atoms with Crippen molar-refractivity contribution >= 4 is 11.6 Å². The van der Waals surface area contributed by atoms with E-state index in [1.807, 2.05) is 0 Å². The smallest absolute Gasteiger partial charge is 0.417 e. The number of aromatic nitrogens is 3. The van der Waals surface area contributed by atoms with Gasteiger partial charge in [0, 0.05) is 12.6 Å². The number of carbonyl (C=O) groups is 1. The van der Waals surface area contributed by atoms with E-state index >= 15 is 0 Å². The van der Waals surface area contributed by atoms with Gasteiger partial charge in [0.1, 0.15) is 5.82 Å². The number of carboxylic acids is 1. The summed E-state index contributed by atoms with van der Waals surface area (Å²) < 4.78 is 38.7. The molecule has 0 unspecified atom stereocenters. The first-order valence-corrected chi connectivity index (χ1v) is 5.00. The van der Waals surface area contributed by atoms with Crippen LogP contribution in [-0.2, 0) is 17.4 Å². The Kier molecular flexibility index (Phi) is 2.93. The van der Waals surface area contributed by atoms with Crippen LogP contribution >= 0.6 is 0 Å². The zero-order valence-corrected chi connectivity index (χ0v) is 8.98. The van der Waals surface area contributed by atoms with Crippen LogP contribution in [0.25, 0.3) is 5.65 Å². The molecule has 0 aromatic carbocycles. The zero-order valence-electron chi connectivity index (χ0n) is 8.98. The normalized spacial score (nSPS) is 11.9. The van der Waals surface area contributed by atoms with E-state index in [0.717, 1.165) is 16.7 Å². The quantitative estimate of drug-likeness (QED) is 0.912. The topological polar surface area (TPSA) is 67.5 Å². The lowest BCUT2D eigenvalue weighted by atomic mass is 10.2. The van der Waals surface area contributed by atoms with Crippen LogP contribution < -0.4 is 0 Å². The van der Waals surface area contributed by atoms with Crippen LogP contribution in [0.4, 0.5) is 13.2 Å². The average molecular weight is 259 g/mol. The maximum atomic E-state index is 12.5. The van der Waals surface area contributed by atoms with Gasteiger partial charge < -0.3 is 5.11 Å². The Hall–Kier alpha value is -2.12. The third-order valence-corrected chi connectivity index (χ3v) is 2.36. The molecule has 0 aliphatic rings. The summed E-state index contributed by atoms with van der Waals surface area (Å²) in [6, 6.07) is 2.10. The van der Waals surface area contributed by atoms with E-state index in [1.54, 1.807) is 0 Å². The molecule has 2 aromatic heterocycles. The number of aryl methyl sites for hydroxylation is 1. The number of alkyl halides is 3. The monoisotopic (exact) mass is 259 g/mol. The summed E-state index contributed by atoms with van der Waals surface area (Å²) in [6.07, 6.45) is -3.77. The van der Waals surface area contributed by atoms with Crippen LogP contribution in [-0.4, -0.2) is 25.7 Å². The van der Waals surface area contributed by atoms with Crippen molar-refractivity contribution in [1.82, 2.24) is 14.6 Å². The minimum atomic E-state index is -4.46. The van der Waals surface area contributed by atoms with Crippen molar-refractivity contribution < 1.29 is 23.1 Å². The minimum absolute atomic E-state index is 0.0256. The number of halogens is 3. The van der Waals surface area contributed by atoms with Gasteiger partial charge in [-0.1, -0.05) is 0 Å². The maximum Gasteiger partial charge on any atom is 0.417 e. The molecule has 0 spiro atoms. The van der Waals surface area contributed by atoms with Gasteiger partial charge in [-0.3, -0.25) is 9.20 Å². The molecule has 0 atom stereocenters. The van der Waals surface area contributed by atoms with Gasteiger partial charge in [-0.2, -0.15) is 13.2 Å². The van der Waals surface area contributed by atoms with Gasteiger partial charge in [0.25, 0.3) is 0 Å². The highest BCUT2D eigenvalue weighted by atomic mass is 19.4. The van der Waals surface area contributed by atoms with E-state index in [4.69, 9.17) is 5.11 Å². The molecule has 0 saturated carbocycles. The first-order chi connectivity index (χ1) is 8.38. The van der Waals surface area contributed by atoms with E-state index in [0.29, 0.717) is 0 Å². The SMILES string of the molecule is O=C(O)CCc1nnc2ccc(C(F)(F)F)cn12. The molecule has 0 amide bonds. The molecule has 2 heterocycles. The summed E-state index contributed by atoms with van der Waals surface area (Å²) in [5, 5.41) is 15.9. The van der Waals surface area contributed by atoms with Gasteiger partial charge in [-0.05, 0) is 12.1 Å². The second-order valence-electron chi connectivity index (χ2n) is 3.65. The lowest BCUT2D eigenvalue weighted by molar-refractivity contribution is -0.138. The number of rotatable bonds is 3. The number of hydrogen-bond acceptors (Lipinski definition) is 3. The highest BCUT2D eigenvalue weighted by Crippen LogP contribution is 2.29. The summed E-state index contributed by atoms with van der Waals surface area (Å²) in [6.45, 7) is 0. The molecule has 0 bridgehead atoms. The van der Waals surface area contributed by atoms with Crippen molar-refractivity contribution in [2.75, 3.05) is 0 Å². The first-order valence-electron chi connectivity index (χ1n) is 5.00. The van der Waals surface area contributed by atoms with Gasteiger partial charge in [-0.25, -0.2) is 0 Å². The number of hydrogen-bond donors (Lipinski definition) is 1. The summed E-state index contributed by atoms with van der Waals surface area (Å²) in [4.78, 5) is 10.4. The van der Waals surface area contributed by atoms with Gasteiger partial charge in [0.2, 0.25) is 0 Å². The lowest BCUT2D eigenvalue weighted by Gasteiger charge is -2.07. The second kappa shape index (κ2) is 4.28. The molecule has 1 N–H and O–H groups in total. The van der Waals surface area contributed by atoms with Crippen LogP contribution in [0, 0.1) is 0 Å². The molecule has 0 fully saturated rings. The van der Waals surface area contributed by atoms with E-state index in [1.165, 1.54) is 6.07 Å². The fraction of sp³-hybridized carbons (Fsp3) is 0.300. The number of pyridine rings is 1. The van der Waals surface area contributed by atoms with Crippen LogP contribution in [0.3, 0.4) is 0 Å². The Labute approximate surface area is 98.9 Å². The molecule has 0 aliphatic heterocycles. The summed E-state index contributed by atoms with van der Waals surface area (Å²) in [5.74, 6) is -0.850. The molecule has 8 heteroatoms. The molecular weight excluding hydrogens is 251 g/mol. The van der Waals surface area contributed by atoms with Crippen molar-refractivity contribution in [2.24, 2.45) is 0 Å². The van der Waals surface area contributed by atoms with Crippen molar-refractivity contribution in [1.29, 1.82) is 0 Å². The fourth-order valence-electron chi connectivity index (χ4n) is 1.50. The van der Waals surface area contributed by atoms with E-state index in [-0.39, 0.29) is 24.3 Å². The number of nitrogens with zero attached hydrogens (tertiary/aromatic N) is 3. The lowest BCUT2D eigenvalue weighted by Crippen LogP contribution is -2.07. The van der Waals surface area contributed by atoms with E-state index < -0.39 is 17.7 Å². The third-order valence-electron chi connectivity index (χ3n) is 2.36. The second-order valence-corrected chi connectivity index (χ2v) is 3.65. The zero-order chi connectivity index (χ0) is 13.3. The average Bonchev–Trinajstić information content (AvgIpc) is 2.67. The van der Waals surface area contributed by atoms with Gasteiger partial charge in [0.05, 0.1) is 12.0 Å². The Bertz CT molecular complexity index is 592. The molecule has 2 rings (SSSR count). The predicted octanol–water partition coefficient (Wildman–Crippen LogP) is 1.77. The Balaban J connectivity index is 2.40. The Morgan fingerprint density at radius 2 is 2.06 bits per heavy atom. The largest absolute Gasteiger partial charge is 0.481 e. The highest BCUT2D eigenvalue weighted by Gasteiger charge is 2.31. The summed E-state index contributed by atoms with van der Waals surface area (Å²) >= 11 is 0. The molecule has 5 nitrogen and oxygen atoms in total. The highest BCUT2D eigenvalue weighted by molar-refractivity contribution is 5.66. The van der Waals surface area contributed by atoms with Gasteiger partial charge in [0.15, 0.2) is 5.65 Å². The van der Waals surface area contributed by atoms with Crippen molar-refractivity contribution in [3.63, 3.8) is 0 Å². The Morgan fingerprint density at radius 1 is 1.33 bits per heavy atom. The molecule has 0 radical (unpaired) electrons. The number of fused-ring (bicyclic) bond motifs is 1. The van der Waals surface area contributed by atoms with Crippen LogP contribution in [0.2, 0.25) is 0 Å². The number of aliphatic carboxylic acids is 1. The van der Waals surface area contributed by atoms with Crippen LogP contribution in [0.5, 0.6) is 0 Å². The van der Waals surface area contributed by atoms with Crippen LogP contribution in [0.1, 0.15) is 17.8 Å². The molecule has 2 aromatic rings. The first kappa shape index (κ1) is 12.3. The van der Waals surface area contributed by atoms with E-state index in [2.05, 4.69) is 10.2 Å². The third kappa shape index (κ3) is 2.41. The van der Waals surface area contributed by atoms with Crippen molar-refractivity contribution in [2.45, 2.75) is 19.0 Å². The van der Waals surface area contributed by atoms with Gasteiger partial charge >= 0.3 is 12.1 Å². The molecule has 0 aliphatic carbocycles. The van der Waals surface area contributed by atoms with Crippen LogP contribution in [0.15, 0.2) is 18.3 Å². The minimum Gasteiger partial charge on any atom is -0.481 e. The van der Waals surface area contributed by atoms with E-state index in [9.17, 15) is 18.0 Å². The van der Waals surface area contributed by atoms with Gasteiger partial charge in [-0.15, -0.1) is 10.2 Å². The van der Waals surface area contributed by atoms with Crippen molar-refractivity contribution in [3.05, 3.63) is 29.7 Å². The predicted molar refractivity (Wildman–Crippen MR) is 53.9 cm³/mol. The fourth-order valence-corrected chi connectivity index (χ4v) is 1.50. The molecule has 96 valence electrons. The molecule has 0 saturated heterocycles. The molecular formula is C10H8F3N3O2. The van der Waals surface area contributed by atoms with Crippen molar-refractivity contribution in [3.8, 4) is 0 Å².